The maximum Gasteiger partial charge on any atom is 0.278 e. The summed E-state index contributed by atoms with van der Waals surface area (Å²) in [7, 11) is 0. The van der Waals surface area contributed by atoms with E-state index in [9.17, 15) is 0 Å². The van der Waals surface area contributed by atoms with E-state index in [0.717, 1.165) is 6.54 Å². The smallest absolute Gasteiger partial charge is 0.244 e. The summed E-state index contributed by atoms with van der Waals surface area (Å²) >= 11 is 0. The van der Waals surface area contributed by atoms with Crippen LogP contribution in [0.4, 0.5) is 0 Å². The minimum atomic E-state index is 1.03. The Kier molecular flexibility index (Phi) is 13.5. The number of aryl methyl sites for hydroxylation is 1. The minimum absolute atomic E-state index is 1.03. The zero-order chi connectivity index (χ0) is 17.3. The van der Waals surface area contributed by atoms with Gasteiger partial charge in [-0.05, 0) is 19.8 Å². The third kappa shape index (κ3) is 10.7. The fraction of sp³-hybridized carbons (Fsp3) is 0.773. The predicted octanol–water partition coefficient (Wildman–Crippen LogP) is 6.82. The molecule has 0 spiro atoms. The summed E-state index contributed by atoms with van der Waals surface area (Å²) in [6.45, 7) is 5.50. The van der Waals surface area contributed by atoms with E-state index >= 15 is 0 Å². The first-order chi connectivity index (χ1) is 11.9. The van der Waals surface area contributed by atoms with Crippen LogP contribution in [0.5, 0.6) is 0 Å². The van der Waals surface area contributed by atoms with Gasteiger partial charge in [0, 0.05) is 6.08 Å². The number of nitrogens with zero attached hydrogens (tertiary/aromatic N) is 1. The molecule has 0 saturated carbocycles. The van der Waals surface area contributed by atoms with Gasteiger partial charge in [0.15, 0.2) is 0 Å². The zero-order valence-electron chi connectivity index (χ0n) is 16.4. The number of allylic oxidation sites excluding steroid dienone is 1. The van der Waals surface area contributed by atoms with Crippen LogP contribution in [0, 0.1) is 0 Å². The maximum absolute atomic E-state index is 3.28. The van der Waals surface area contributed by atoms with Crippen LogP contribution in [0.3, 0.4) is 0 Å². The van der Waals surface area contributed by atoms with E-state index in [1.807, 2.05) is 6.20 Å². The highest BCUT2D eigenvalue weighted by Crippen LogP contribution is 2.13. The molecule has 0 unspecified atom stereocenters. The molecule has 0 aliphatic rings. The maximum atomic E-state index is 3.28. The van der Waals surface area contributed by atoms with Gasteiger partial charge in [-0.25, -0.2) is 9.55 Å². The number of imidazole rings is 1. The van der Waals surface area contributed by atoms with E-state index in [4.69, 9.17) is 0 Å². The summed E-state index contributed by atoms with van der Waals surface area (Å²) in [5.74, 6) is 1.21. The average molecular weight is 334 g/mol. The van der Waals surface area contributed by atoms with Crippen molar-refractivity contribution in [3.8, 4) is 0 Å². The van der Waals surface area contributed by atoms with Crippen LogP contribution >= 0.6 is 0 Å². The van der Waals surface area contributed by atoms with Crippen LogP contribution in [0.25, 0.3) is 6.08 Å². The van der Waals surface area contributed by atoms with Crippen LogP contribution in [0.2, 0.25) is 0 Å². The first kappa shape index (κ1) is 21.0. The predicted molar refractivity (Wildman–Crippen MR) is 106 cm³/mol. The molecule has 24 heavy (non-hydrogen) atoms. The van der Waals surface area contributed by atoms with Gasteiger partial charge in [-0.2, -0.15) is 0 Å². The summed E-state index contributed by atoms with van der Waals surface area (Å²) < 4.78 is 2.24. The molecule has 1 heterocycles. The topological polar surface area (TPSA) is 19.7 Å². The van der Waals surface area contributed by atoms with Crippen LogP contribution in [-0.2, 0) is 6.54 Å². The van der Waals surface area contributed by atoms with Gasteiger partial charge >= 0.3 is 0 Å². The Hall–Kier alpha value is -1.05. The van der Waals surface area contributed by atoms with E-state index in [2.05, 4.69) is 41.7 Å². The second-order valence-corrected chi connectivity index (χ2v) is 7.07. The monoisotopic (exact) mass is 333 g/mol. The Morgan fingerprint density at radius 3 is 1.88 bits per heavy atom. The molecule has 2 heteroatoms. The van der Waals surface area contributed by atoms with Crippen molar-refractivity contribution in [3.63, 3.8) is 0 Å². The molecule has 0 atom stereocenters. The summed E-state index contributed by atoms with van der Waals surface area (Å²) in [6.07, 6.45) is 28.4. The van der Waals surface area contributed by atoms with Crippen molar-refractivity contribution in [1.29, 1.82) is 0 Å². The van der Waals surface area contributed by atoms with Crippen LogP contribution in [0.15, 0.2) is 18.5 Å². The zero-order valence-corrected chi connectivity index (χ0v) is 16.4. The van der Waals surface area contributed by atoms with Crippen molar-refractivity contribution in [2.75, 3.05) is 0 Å². The number of rotatable bonds is 16. The van der Waals surface area contributed by atoms with E-state index in [1.165, 1.54) is 95.7 Å². The molecule has 0 amide bonds. The van der Waals surface area contributed by atoms with Crippen molar-refractivity contribution >= 4 is 6.08 Å². The van der Waals surface area contributed by atoms with Gasteiger partial charge in [-0.1, -0.05) is 90.0 Å². The molecule has 2 nitrogen and oxygen atoms in total. The summed E-state index contributed by atoms with van der Waals surface area (Å²) in [5.41, 5.74) is 0. The van der Waals surface area contributed by atoms with E-state index < -0.39 is 0 Å². The first-order valence-corrected chi connectivity index (χ1v) is 10.6. The fourth-order valence-electron chi connectivity index (χ4n) is 3.27. The largest absolute Gasteiger partial charge is 0.278 e. The van der Waals surface area contributed by atoms with Crippen molar-refractivity contribution < 1.29 is 4.57 Å². The third-order valence-electron chi connectivity index (χ3n) is 4.89. The lowest BCUT2D eigenvalue weighted by molar-refractivity contribution is -0.693. The second-order valence-electron chi connectivity index (χ2n) is 7.07. The highest BCUT2D eigenvalue weighted by atomic mass is 15.0. The number of aromatic amines is 1. The molecule has 0 aliphatic carbocycles. The lowest BCUT2D eigenvalue weighted by Crippen LogP contribution is -2.32. The van der Waals surface area contributed by atoms with Crippen molar-refractivity contribution in [2.24, 2.45) is 0 Å². The van der Waals surface area contributed by atoms with Crippen molar-refractivity contribution in [1.82, 2.24) is 4.98 Å². The van der Waals surface area contributed by atoms with Crippen LogP contribution in [0.1, 0.15) is 110 Å². The Bertz CT molecular complexity index is 406. The lowest BCUT2D eigenvalue weighted by atomic mass is 10.0. The molecule has 0 bridgehead atoms. The highest BCUT2D eigenvalue weighted by molar-refractivity contribution is 5.35. The molecule has 0 radical (unpaired) electrons. The quantitative estimate of drug-likeness (QED) is 0.253. The summed E-state index contributed by atoms with van der Waals surface area (Å²) in [6, 6.07) is 0. The molecular weight excluding hydrogens is 292 g/mol. The van der Waals surface area contributed by atoms with Crippen molar-refractivity contribution in [2.45, 2.75) is 110 Å². The van der Waals surface area contributed by atoms with Gasteiger partial charge in [0.1, 0.15) is 12.4 Å². The van der Waals surface area contributed by atoms with Crippen LogP contribution < -0.4 is 4.57 Å². The molecule has 0 aliphatic heterocycles. The highest BCUT2D eigenvalue weighted by Gasteiger charge is 2.02. The van der Waals surface area contributed by atoms with Gasteiger partial charge < -0.3 is 0 Å². The number of aromatic nitrogens is 2. The molecule has 1 rings (SSSR count). The number of hydrogen-bond donors (Lipinski definition) is 1. The van der Waals surface area contributed by atoms with Gasteiger partial charge in [0.25, 0.3) is 5.82 Å². The molecule has 1 aromatic heterocycles. The van der Waals surface area contributed by atoms with E-state index in [-0.39, 0.29) is 0 Å². The molecular formula is C22H41N2+. The molecule has 1 aromatic rings. The number of hydrogen-bond acceptors (Lipinski definition) is 0. The standard InChI is InChI=1S/C22H40N2/c1-3-5-6-7-8-9-10-11-12-13-14-15-16-17-18-19-22-23-20-21-24(22)4-2/h18-21H,3-17H2,1-2H3/p+1. The Labute approximate surface area is 150 Å². The van der Waals surface area contributed by atoms with Crippen LogP contribution in [-0.4, -0.2) is 4.98 Å². The Morgan fingerprint density at radius 2 is 1.33 bits per heavy atom. The minimum Gasteiger partial charge on any atom is -0.244 e. The Balaban J connectivity index is 1.82. The number of nitrogens with one attached hydrogen (secondary N) is 1. The van der Waals surface area contributed by atoms with Gasteiger partial charge in [-0.15, -0.1) is 0 Å². The molecule has 1 N–H and O–H groups in total. The summed E-state index contributed by atoms with van der Waals surface area (Å²) in [4.78, 5) is 3.28. The molecule has 0 aromatic carbocycles. The first-order valence-electron chi connectivity index (χ1n) is 10.6. The SMILES string of the molecule is CCCCCCCCCCCCCCCC=Cc1[nH]cc[n+]1CC. The second kappa shape index (κ2) is 15.5. The molecule has 0 saturated heterocycles. The fourth-order valence-corrected chi connectivity index (χ4v) is 3.27. The van der Waals surface area contributed by atoms with Gasteiger partial charge in [0.2, 0.25) is 0 Å². The van der Waals surface area contributed by atoms with Crippen molar-refractivity contribution in [3.05, 3.63) is 24.3 Å². The van der Waals surface area contributed by atoms with Gasteiger partial charge in [0.05, 0.1) is 6.54 Å². The van der Waals surface area contributed by atoms with Gasteiger partial charge in [-0.3, -0.25) is 0 Å². The molecule has 138 valence electrons. The number of H-pyrrole nitrogens is 1. The van der Waals surface area contributed by atoms with E-state index in [1.54, 1.807) is 0 Å². The Morgan fingerprint density at radius 1 is 0.792 bits per heavy atom. The molecule has 0 fully saturated rings. The third-order valence-corrected chi connectivity index (χ3v) is 4.89. The normalized spacial score (nSPS) is 11.6. The summed E-state index contributed by atoms with van der Waals surface area (Å²) in [5, 5.41) is 0. The average Bonchev–Trinajstić information content (AvgIpc) is 3.06. The number of unbranched alkanes of at least 4 members (excludes halogenated alkanes) is 13. The van der Waals surface area contributed by atoms with E-state index in [0.29, 0.717) is 0 Å². The lowest BCUT2D eigenvalue weighted by Gasteiger charge is -2.02.